The topological polar surface area (TPSA) is 70.8 Å². The number of hydrogen-bond acceptors (Lipinski definition) is 5. The van der Waals surface area contributed by atoms with Crippen LogP contribution in [0.2, 0.25) is 18.1 Å². The van der Waals surface area contributed by atoms with Crippen LogP contribution in [0.1, 0.15) is 26.6 Å². The van der Waals surface area contributed by atoms with Gasteiger partial charge in [-0.3, -0.25) is 0 Å². The van der Waals surface area contributed by atoms with Gasteiger partial charge in [0, 0.05) is 11.9 Å². The van der Waals surface area contributed by atoms with E-state index in [2.05, 4.69) is 49.1 Å². The standard InChI is InChI=1S/C17H22N4OSi/c1-17(2,3)23(4,5)22-14-8-6-13(7-9-14)20-15-10-11-19-16(12-18)21-15/h6-11H,1-5H3,(H,19,20,21). The highest BCUT2D eigenvalue weighted by atomic mass is 28.4. The van der Waals surface area contributed by atoms with Crippen molar-refractivity contribution in [2.45, 2.75) is 38.9 Å². The summed E-state index contributed by atoms with van der Waals surface area (Å²) in [6.07, 6.45) is 1.56. The predicted molar refractivity (Wildman–Crippen MR) is 94.3 cm³/mol. The normalized spacial score (nSPS) is 11.7. The smallest absolute Gasteiger partial charge is 0.250 e. The van der Waals surface area contributed by atoms with Crippen LogP contribution in [-0.2, 0) is 0 Å². The molecule has 0 unspecified atom stereocenters. The van der Waals surface area contributed by atoms with Crippen LogP contribution < -0.4 is 9.74 Å². The van der Waals surface area contributed by atoms with E-state index in [9.17, 15) is 0 Å². The SMILES string of the molecule is CC(C)(C)[Si](C)(C)Oc1ccc(Nc2ccnc(C#N)n2)cc1. The molecule has 0 spiro atoms. The molecule has 0 fully saturated rings. The Morgan fingerprint density at radius 3 is 2.35 bits per heavy atom. The molecule has 120 valence electrons. The van der Waals surface area contributed by atoms with E-state index < -0.39 is 8.32 Å². The van der Waals surface area contributed by atoms with Crippen molar-refractivity contribution in [3.63, 3.8) is 0 Å². The summed E-state index contributed by atoms with van der Waals surface area (Å²) in [5, 5.41) is 12.1. The van der Waals surface area contributed by atoms with Crippen LogP contribution in [0.3, 0.4) is 0 Å². The Bertz CT molecular complexity index is 715. The van der Waals surface area contributed by atoms with Gasteiger partial charge in [0.05, 0.1) is 0 Å². The molecule has 0 amide bonds. The van der Waals surface area contributed by atoms with E-state index in [1.807, 2.05) is 30.3 Å². The number of nitriles is 1. The molecule has 0 aliphatic carbocycles. The third kappa shape index (κ3) is 4.30. The Morgan fingerprint density at radius 2 is 1.78 bits per heavy atom. The summed E-state index contributed by atoms with van der Waals surface area (Å²) in [5.41, 5.74) is 0.884. The summed E-state index contributed by atoms with van der Waals surface area (Å²) in [4.78, 5) is 7.94. The van der Waals surface area contributed by atoms with Gasteiger partial charge < -0.3 is 9.74 Å². The summed E-state index contributed by atoms with van der Waals surface area (Å²) in [7, 11) is -1.83. The lowest BCUT2D eigenvalue weighted by Crippen LogP contribution is -2.43. The molecule has 6 heteroatoms. The fourth-order valence-electron chi connectivity index (χ4n) is 1.68. The Kier molecular flexibility index (Phi) is 4.71. The van der Waals surface area contributed by atoms with Crippen LogP contribution in [0.4, 0.5) is 11.5 Å². The maximum atomic E-state index is 8.82. The van der Waals surface area contributed by atoms with E-state index in [-0.39, 0.29) is 10.9 Å². The molecule has 0 aliphatic rings. The Hall–Kier alpha value is -2.39. The highest BCUT2D eigenvalue weighted by Gasteiger charge is 2.38. The van der Waals surface area contributed by atoms with Gasteiger partial charge in [0.2, 0.25) is 14.1 Å². The van der Waals surface area contributed by atoms with Crippen LogP contribution in [-0.4, -0.2) is 18.3 Å². The van der Waals surface area contributed by atoms with E-state index in [1.54, 1.807) is 12.3 Å². The molecule has 5 nitrogen and oxygen atoms in total. The van der Waals surface area contributed by atoms with Crippen molar-refractivity contribution in [2.24, 2.45) is 0 Å². The molecule has 2 aromatic rings. The summed E-state index contributed by atoms with van der Waals surface area (Å²) < 4.78 is 6.25. The average molecular weight is 326 g/mol. The minimum atomic E-state index is -1.83. The first-order valence-electron chi connectivity index (χ1n) is 7.50. The van der Waals surface area contributed by atoms with Crippen LogP contribution in [0, 0.1) is 11.3 Å². The van der Waals surface area contributed by atoms with E-state index in [0.717, 1.165) is 11.4 Å². The van der Waals surface area contributed by atoms with E-state index in [4.69, 9.17) is 9.69 Å². The lowest BCUT2D eigenvalue weighted by molar-refractivity contribution is 0.492. The van der Waals surface area contributed by atoms with Gasteiger partial charge in [-0.2, -0.15) is 5.26 Å². The number of nitrogens with zero attached hydrogens (tertiary/aromatic N) is 3. The number of nitrogens with one attached hydrogen (secondary N) is 1. The van der Waals surface area contributed by atoms with Crippen molar-refractivity contribution in [1.29, 1.82) is 5.26 Å². The summed E-state index contributed by atoms with van der Waals surface area (Å²) in [6, 6.07) is 11.4. The van der Waals surface area contributed by atoms with E-state index in [0.29, 0.717) is 5.82 Å². The Labute approximate surface area is 138 Å². The molecule has 1 N–H and O–H groups in total. The molecule has 23 heavy (non-hydrogen) atoms. The van der Waals surface area contributed by atoms with Gasteiger partial charge in [-0.15, -0.1) is 0 Å². The van der Waals surface area contributed by atoms with Gasteiger partial charge in [-0.1, -0.05) is 20.8 Å². The Morgan fingerprint density at radius 1 is 1.13 bits per heavy atom. The van der Waals surface area contributed by atoms with Crippen molar-refractivity contribution in [2.75, 3.05) is 5.32 Å². The molecule has 0 atom stereocenters. The second-order valence-electron chi connectivity index (χ2n) is 6.89. The van der Waals surface area contributed by atoms with Gasteiger partial charge in [0.15, 0.2) is 0 Å². The number of rotatable bonds is 4. The molecular formula is C17H22N4OSi. The molecule has 0 bridgehead atoms. The van der Waals surface area contributed by atoms with E-state index in [1.165, 1.54) is 0 Å². The van der Waals surface area contributed by atoms with Gasteiger partial charge in [0.25, 0.3) is 0 Å². The molecule has 1 aromatic heterocycles. The van der Waals surface area contributed by atoms with E-state index >= 15 is 0 Å². The highest BCUT2D eigenvalue weighted by Crippen LogP contribution is 2.37. The fraction of sp³-hybridized carbons (Fsp3) is 0.353. The first kappa shape index (κ1) is 17.0. The molecule has 1 heterocycles. The molecule has 0 saturated heterocycles. The number of aromatic nitrogens is 2. The second kappa shape index (κ2) is 6.38. The van der Waals surface area contributed by atoms with Gasteiger partial charge >= 0.3 is 0 Å². The largest absolute Gasteiger partial charge is 0.544 e. The van der Waals surface area contributed by atoms with Gasteiger partial charge in [-0.05, 0) is 48.5 Å². The molecule has 0 aliphatic heterocycles. The average Bonchev–Trinajstić information content (AvgIpc) is 2.48. The van der Waals surface area contributed by atoms with Gasteiger partial charge in [-0.25, -0.2) is 9.97 Å². The molecule has 1 aromatic carbocycles. The molecule has 0 saturated carbocycles. The summed E-state index contributed by atoms with van der Waals surface area (Å²) in [6.45, 7) is 11.1. The molecular weight excluding hydrogens is 304 g/mol. The zero-order valence-electron chi connectivity index (χ0n) is 14.2. The van der Waals surface area contributed by atoms with Crippen molar-refractivity contribution in [3.8, 4) is 11.8 Å². The minimum absolute atomic E-state index is 0.146. The maximum Gasteiger partial charge on any atom is 0.250 e. The number of benzene rings is 1. The van der Waals surface area contributed by atoms with Gasteiger partial charge in [0.1, 0.15) is 17.6 Å². The van der Waals surface area contributed by atoms with Crippen LogP contribution in [0.15, 0.2) is 36.5 Å². The fourth-order valence-corrected chi connectivity index (χ4v) is 2.72. The van der Waals surface area contributed by atoms with Crippen molar-refractivity contribution < 1.29 is 4.43 Å². The summed E-state index contributed by atoms with van der Waals surface area (Å²) in [5.74, 6) is 1.62. The molecule has 0 radical (unpaired) electrons. The van der Waals surface area contributed by atoms with Crippen molar-refractivity contribution in [1.82, 2.24) is 9.97 Å². The number of hydrogen-bond donors (Lipinski definition) is 1. The zero-order chi connectivity index (χ0) is 17.1. The first-order chi connectivity index (χ1) is 10.7. The van der Waals surface area contributed by atoms with Crippen LogP contribution in [0.25, 0.3) is 0 Å². The second-order valence-corrected chi connectivity index (χ2v) is 11.6. The third-order valence-electron chi connectivity index (χ3n) is 4.06. The van der Waals surface area contributed by atoms with Crippen molar-refractivity contribution >= 4 is 19.8 Å². The van der Waals surface area contributed by atoms with Crippen LogP contribution >= 0.6 is 0 Å². The monoisotopic (exact) mass is 326 g/mol. The zero-order valence-corrected chi connectivity index (χ0v) is 15.2. The quantitative estimate of drug-likeness (QED) is 0.839. The highest BCUT2D eigenvalue weighted by molar-refractivity contribution is 6.74. The summed E-state index contributed by atoms with van der Waals surface area (Å²) >= 11 is 0. The first-order valence-corrected chi connectivity index (χ1v) is 10.4. The minimum Gasteiger partial charge on any atom is -0.544 e. The lowest BCUT2D eigenvalue weighted by atomic mass is 10.2. The van der Waals surface area contributed by atoms with Crippen molar-refractivity contribution in [3.05, 3.63) is 42.4 Å². The lowest BCUT2D eigenvalue weighted by Gasteiger charge is -2.36. The molecule has 2 rings (SSSR count). The Balaban J connectivity index is 2.09. The van der Waals surface area contributed by atoms with Crippen LogP contribution in [0.5, 0.6) is 5.75 Å². The predicted octanol–water partition coefficient (Wildman–Crippen LogP) is 4.48. The maximum absolute atomic E-state index is 8.82. The third-order valence-corrected chi connectivity index (χ3v) is 8.42. The number of anilines is 2.